The van der Waals surface area contributed by atoms with Gasteiger partial charge in [0.15, 0.2) is 0 Å². The van der Waals surface area contributed by atoms with Gasteiger partial charge in [-0.15, -0.1) is 0 Å². The molecule has 0 radical (unpaired) electrons. The molecule has 0 aromatic heterocycles. The van der Waals surface area contributed by atoms with E-state index in [1.807, 2.05) is 0 Å². The van der Waals surface area contributed by atoms with Gasteiger partial charge in [0.2, 0.25) is 0 Å². The number of nitrogens with one attached hydrogen (secondary N) is 1. The van der Waals surface area contributed by atoms with Gasteiger partial charge in [-0.3, -0.25) is 0 Å². The van der Waals surface area contributed by atoms with Crippen LogP contribution in [0.2, 0.25) is 0 Å². The lowest BCUT2D eigenvalue weighted by atomic mass is 10.1. The van der Waals surface area contributed by atoms with Crippen LogP contribution >= 0.6 is 0 Å². The number of rotatable bonds is 7. The van der Waals surface area contributed by atoms with E-state index in [-0.39, 0.29) is 0 Å². The van der Waals surface area contributed by atoms with E-state index < -0.39 is 0 Å². The Labute approximate surface area is 98.2 Å². The van der Waals surface area contributed by atoms with Crippen LogP contribution in [0.4, 0.5) is 0 Å². The molecule has 0 heterocycles. The molecular weight excluding hydrogens is 196 g/mol. The van der Waals surface area contributed by atoms with Crippen molar-refractivity contribution in [2.45, 2.75) is 38.1 Å². The van der Waals surface area contributed by atoms with Crippen molar-refractivity contribution in [3.63, 3.8) is 0 Å². The van der Waals surface area contributed by atoms with Gasteiger partial charge >= 0.3 is 0 Å². The van der Waals surface area contributed by atoms with Crippen LogP contribution in [-0.2, 0) is 6.54 Å². The summed E-state index contributed by atoms with van der Waals surface area (Å²) in [5, 5.41) is 3.47. The fourth-order valence-electron chi connectivity index (χ4n) is 2.00. The molecule has 0 bridgehead atoms. The average Bonchev–Trinajstić information content (AvgIpc) is 3.13. The SMILES string of the molecule is NCCCCNCc1cccc(C2CC2)c1. The van der Waals surface area contributed by atoms with Crippen molar-refractivity contribution in [3.05, 3.63) is 35.4 Å². The first kappa shape index (κ1) is 11.6. The van der Waals surface area contributed by atoms with Crippen molar-refractivity contribution in [3.8, 4) is 0 Å². The van der Waals surface area contributed by atoms with Gasteiger partial charge in [-0.05, 0) is 55.8 Å². The summed E-state index contributed by atoms with van der Waals surface area (Å²) in [6, 6.07) is 9.01. The van der Waals surface area contributed by atoms with Crippen LogP contribution in [0.5, 0.6) is 0 Å². The van der Waals surface area contributed by atoms with Gasteiger partial charge in [0.1, 0.15) is 0 Å². The second-order valence-electron chi connectivity index (χ2n) is 4.69. The Morgan fingerprint density at radius 1 is 1.25 bits per heavy atom. The highest BCUT2D eigenvalue weighted by Crippen LogP contribution is 2.40. The summed E-state index contributed by atoms with van der Waals surface area (Å²) in [5.74, 6) is 0.859. The van der Waals surface area contributed by atoms with Crippen molar-refractivity contribution < 1.29 is 0 Å². The maximum absolute atomic E-state index is 5.45. The Bertz CT molecular complexity index is 318. The van der Waals surface area contributed by atoms with Crippen LogP contribution < -0.4 is 11.1 Å². The fraction of sp³-hybridized carbons (Fsp3) is 0.571. The lowest BCUT2D eigenvalue weighted by Gasteiger charge is -2.06. The summed E-state index contributed by atoms with van der Waals surface area (Å²) in [5.41, 5.74) is 8.40. The molecule has 1 aliphatic carbocycles. The standard InChI is InChI=1S/C14H22N2/c15-8-1-2-9-16-11-12-4-3-5-14(10-12)13-6-7-13/h3-5,10,13,16H,1-2,6-9,11,15H2. The predicted molar refractivity (Wildman–Crippen MR) is 68.4 cm³/mol. The molecule has 0 unspecified atom stereocenters. The molecule has 2 nitrogen and oxygen atoms in total. The van der Waals surface area contributed by atoms with Crippen LogP contribution in [0.25, 0.3) is 0 Å². The molecule has 1 saturated carbocycles. The number of unbranched alkanes of at least 4 members (excludes halogenated alkanes) is 1. The molecule has 0 spiro atoms. The van der Waals surface area contributed by atoms with Crippen molar-refractivity contribution in [1.82, 2.24) is 5.32 Å². The third-order valence-electron chi connectivity index (χ3n) is 3.14. The molecule has 1 fully saturated rings. The van der Waals surface area contributed by atoms with Crippen molar-refractivity contribution >= 4 is 0 Å². The number of hydrogen-bond donors (Lipinski definition) is 2. The zero-order valence-corrected chi connectivity index (χ0v) is 9.91. The monoisotopic (exact) mass is 218 g/mol. The smallest absolute Gasteiger partial charge is 0.0205 e. The minimum atomic E-state index is 0.804. The zero-order chi connectivity index (χ0) is 11.2. The van der Waals surface area contributed by atoms with Crippen molar-refractivity contribution in [2.24, 2.45) is 5.73 Å². The van der Waals surface area contributed by atoms with E-state index in [0.29, 0.717) is 0 Å². The lowest BCUT2D eigenvalue weighted by molar-refractivity contribution is 0.627. The Kier molecular flexibility index (Phi) is 4.37. The highest BCUT2D eigenvalue weighted by Gasteiger charge is 2.23. The molecule has 3 N–H and O–H groups in total. The molecule has 0 amide bonds. The van der Waals surface area contributed by atoms with Gasteiger partial charge in [0, 0.05) is 6.54 Å². The molecule has 1 aromatic carbocycles. The van der Waals surface area contributed by atoms with Crippen molar-refractivity contribution in [1.29, 1.82) is 0 Å². The first-order chi connectivity index (χ1) is 7.90. The first-order valence-corrected chi connectivity index (χ1v) is 6.40. The van der Waals surface area contributed by atoms with E-state index in [9.17, 15) is 0 Å². The van der Waals surface area contributed by atoms with E-state index in [2.05, 4.69) is 29.6 Å². The van der Waals surface area contributed by atoms with Crippen LogP contribution in [0.3, 0.4) is 0 Å². The lowest BCUT2D eigenvalue weighted by Crippen LogP contribution is -2.15. The van der Waals surface area contributed by atoms with E-state index >= 15 is 0 Å². The van der Waals surface area contributed by atoms with Gasteiger partial charge in [0.05, 0.1) is 0 Å². The van der Waals surface area contributed by atoms with Crippen LogP contribution in [0.15, 0.2) is 24.3 Å². The van der Waals surface area contributed by atoms with E-state index in [4.69, 9.17) is 5.73 Å². The first-order valence-electron chi connectivity index (χ1n) is 6.40. The summed E-state index contributed by atoms with van der Waals surface area (Å²) in [6.07, 6.45) is 5.06. The van der Waals surface area contributed by atoms with E-state index in [1.165, 1.54) is 30.4 Å². The summed E-state index contributed by atoms with van der Waals surface area (Å²) in [4.78, 5) is 0. The second kappa shape index (κ2) is 6.02. The molecule has 2 heteroatoms. The Hall–Kier alpha value is -0.860. The van der Waals surface area contributed by atoms with Gasteiger partial charge in [-0.25, -0.2) is 0 Å². The molecule has 1 aliphatic rings. The van der Waals surface area contributed by atoms with Crippen LogP contribution in [0, 0.1) is 0 Å². The molecule has 0 atom stereocenters. The largest absolute Gasteiger partial charge is 0.330 e. The quantitative estimate of drug-likeness (QED) is 0.690. The molecule has 1 aromatic rings. The summed E-state index contributed by atoms with van der Waals surface area (Å²) in [7, 11) is 0. The molecule has 88 valence electrons. The Balaban J connectivity index is 1.73. The molecule has 0 saturated heterocycles. The Morgan fingerprint density at radius 3 is 2.88 bits per heavy atom. The molecule has 2 rings (SSSR count). The highest BCUT2D eigenvalue weighted by molar-refractivity contribution is 5.28. The van der Waals surface area contributed by atoms with Crippen molar-refractivity contribution in [2.75, 3.05) is 13.1 Å². The van der Waals surface area contributed by atoms with Gasteiger partial charge in [-0.2, -0.15) is 0 Å². The summed E-state index contributed by atoms with van der Waals surface area (Å²) in [6.45, 7) is 2.87. The highest BCUT2D eigenvalue weighted by atomic mass is 14.8. The number of benzene rings is 1. The van der Waals surface area contributed by atoms with Crippen LogP contribution in [0.1, 0.15) is 42.7 Å². The predicted octanol–water partition coefficient (Wildman–Crippen LogP) is 2.39. The second-order valence-corrected chi connectivity index (χ2v) is 4.69. The maximum Gasteiger partial charge on any atom is 0.0205 e. The van der Waals surface area contributed by atoms with E-state index in [1.54, 1.807) is 0 Å². The number of nitrogens with two attached hydrogens (primary N) is 1. The molecular formula is C14H22N2. The summed E-state index contributed by atoms with van der Waals surface area (Å²) < 4.78 is 0. The molecule has 16 heavy (non-hydrogen) atoms. The molecule has 0 aliphatic heterocycles. The number of hydrogen-bond acceptors (Lipinski definition) is 2. The average molecular weight is 218 g/mol. The van der Waals surface area contributed by atoms with Gasteiger partial charge in [-0.1, -0.05) is 24.3 Å². The third-order valence-corrected chi connectivity index (χ3v) is 3.14. The third kappa shape index (κ3) is 3.62. The van der Waals surface area contributed by atoms with E-state index in [0.717, 1.165) is 32.0 Å². The minimum Gasteiger partial charge on any atom is -0.330 e. The maximum atomic E-state index is 5.45. The van der Waals surface area contributed by atoms with Gasteiger partial charge in [0.25, 0.3) is 0 Å². The normalized spacial score (nSPS) is 15.3. The Morgan fingerprint density at radius 2 is 2.12 bits per heavy atom. The topological polar surface area (TPSA) is 38.0 Å². The zero-order valence-electron chi connectivity index (χ0n) is 9.91. The van der Waals surface area contributed by atoms with Gasteiger partial charge < -0.3 is 11.1 Å². The minimum absolute atomic E-state index is 0.804. The fourth-order valence-corrected chi connectivity index (χ4v) is 2.00. The summed E-state index contributed by atoms with van der Waals surface area (Å²) >= 11 is 0. The van der Waals surface area contributed by atoms with Crippen LogP contribution in [-0.4, -0.2) is 13.1 Å².